The van der Waals surface area contributed by atoms with Crippen molar-refractivity contribution in [1.29, 1.82) is 0 Å². The SMILES string of the molecule is CC(C)C(CS)C(=O)O. The molecular weight excluding hydrogens is 136 g/mol. The Kier molecular flexibility index (Phi) is 3.70. The van der Waals surface area contributed by atoms with E-state index in [9.17, 15) is 4.79 Å². The fourth-order valence-electron chi connectivity index (χ4n) is 0.574. The summed E-state index contributed by atoms with van der Waals surface area (Å²) in [7, 11) is 0. The topological polar surface area (TPSA) is 37.3 Å². The van der Waals surface area contributed by atoms with Crippen molar-refractivity contribution < 1.29 is 9.90 Å². The van der Waals surface area contributed by atoms with Crippen LogP contribution in [0.15, 0.2) is 0 Å². The summed E-state index contributed by atoms with van der Waals surface area (Å²) >= 11 is 3.91. The van der Waals surface area contributed by atoms with E-state index in [1.165, 1.54) is 0 Å². The zero-order valence-corrected chi connectivity index (χ0v) is 6.56. The number of hydrogen-bond donors (Lipinski definition) is 2. The molecule has 0 fully saturated rings. The van der Waals surface area contributed by atoms with E-state index in [1.807, 2.05) is 13.8 Å². The van der Waals surface area contributed by atoms with Gasteiger partial charge in [-0.15, -0.1) is 0 Å². The molecule has 0 aliphatic heterocycles. The van der Waals surface area contributed by atoms with Crippen LogP contribution < -0.4 is 0 Å². The minimum absolute atomic E-state index is 0.181. The molecule has 0 heterocycles. The Morgan fingerprint density at radius 1 is 1.67 bits per heavy atom. The predicted molar refractivity (Wildman–Crippen MR) is 39.8 cm³/mol. The van der Waals surface area contributed by atoms with Gasteiger partial charge in [-0.05, 0) is 5.92 Å². The Hall–Kier alpha value is -0.180. The van der Waals surface area contributed by atoms with Crippen LogP contribution in [0, 0.1) is 11.8 Å². The summed E-state index contributed by atoms with van der Waals surface area (Å²) in [5.41, 5.74) is 0. The maximum atomic E-state index is 10.3. The van der Waals surface area contributed by atoms with Gasteiger partial charge in [0.25, 0.3) is 0 Å². The summed E-state index contributed by atoms with van der Waals surface area (Å²) in [5, 5.41) is 8.49. The van der Waals surface area contributed by atoms with Crippen molar-refractivity contribution in [2.45, 2.75) is 13.8 Å². The van der Waals surface area contributed by atoms with Gasteiger partial charge >= 0.3 is 5.97 Å². The highest BCUT2D eigenvalue weighted by Crippen LogP contribution is 2.11. The lowest BCUT2D eigenvalue weighted by atomic mass is 9.98. The van der Waals surface area contributed by atoms with Gasteiger partial charge in [0.2, 0.25) is 0 Å². The molecule has 0 aromatic heterocycles. The van der Waals surface area contributed by atoms with Crippen molar-refractivity contribution in [3.8, 4) is 0 Å². The standard InChI is InChI=1S/C6H12O2S/c1-4(2)5(3-9)6(7)8/h4-5,9H,3H2,1-2H3,(H,7,8). The number of hydrogen-bond acceptors (Lipinski definition) is 2. The summed E-state index contributed by atoms with van der Waals surface area (Å²) in [6.45, 7) is 3.77. The molecule has 0 amide bonds. The third-order valence-corrected chi connectivity index (χ3v) is 1.71. The Morgan fingerprint density at radius 3 is 2.11 bits per heavy atom. The summed E-state index contributed by atoms with van der Waals surface area (Å²) in [6, 6.07) is 0. The van der Waals surface area contributed by atoms with Crippen LogP contribution in [-0.4, -0.2) is 16.8 Å². The largest absolute Gasteiger partial charge is 0.481 e. The van der Waals surface area contributed by atoms with Gasteiger partial charge in [-0.1, -0.05) is 13.8 Å². The monoisotopic (exact) mass is 148 g/mol. The Labute approximate surface area is 60.7 Å². The second kappa shape index (κ2) is 3.77. The second-order valence-electron chi connectivity index (χ2n) is 2.37. The molecule has 0 rings (SSSR count). The molecule has 54 valence electrons. The number of carbonyl (C=O) groups is 1. The molecule has 0 aliphatic carbocycles. The first-order chi connectivity index (χ1) is 4.09. The van der Waals surface area contributed by atoms with E-state index in [0.717, 1.165) is 0 Å². The van der Waals surface area contributed by atoms with Crippen LogP contribution in [0.25, 0.3) is 0 Å². The Balaban J connectivity index is 3.83. The predicted octanol–water partition coefficient (Wildman–Crippen LogP) is 1.27. The molecule has 3 heteroatoms. The van der Waals surface area contributed by atoms with Crippen LogP contribution in [0.4, 0.5) is 0 Å². The normalized spacial score (nSPS) is 13.8. The van der Waals surface area contributed by atoms with E-state index >= 15 is 0 Å². The van der Waals surface area contributed by atoms with E-state index in [1.54, 1.807) is 0 Å². The molecule has 0 aromatic carbocycles. The quantitative estimate of drug-likeness (QED) is 0.591. The summed E-state index contributed by atoms with van der Waals surface area (Å²) in [4.78, 5) is 10.3. The number of thiol groups is 1. The maximum absolute atomic E-state index is 10.3. The third-order valence-electron chi connectivity index (χ3n) is 1.32. The van der Waals surface area contributed by atoms with Crippen molar-refractivity contribution in [3.63, 3.8) is 0 Å². The molecule has 0 aliphatic rings. The van der Waals surface area contributed by atoms with Gasteiger partial charge in [-0.2, -0.15) is 12.6 Å². The molecule has 0 aromatic rings. The molecule has 0 radical (unpaired) electrons. The van der Waals surface area contributed by atoms with Crippen LogP contribution >= 0.6 is 12.6 Å². The number of rotatable bonds is 3. The number of carboxylic acid groups (broad SMARTS) is 1. The first-order valence-electron chi connectivity index (χ1n) is 2.93. The Morgan fingerprint density at radius 2 is 2.11 bits per heavy atom. The minimum atomic E-state index is -0.750. The highest BCUT2D eigenvalue weighted by molar-refractivity contribution is 7.80. The zero-order valence-electron chi connectivity index (χ0n) is 5.66. The molecule has 0 saturated heterocycles. The van der Waals surface area contributed by atoms with Crippen LogP contribution in [0.2, 0.25) is 0 Å². The highest BCUT2D eigenvalue weighted by atomic mass is 32.1. The summed E-state index contributed by atoms with van der Waals surface area (Å²) < 4.78 is 0. The van der Waals surface area contributed by atoms with E-state index in [-0.39, 0.29) is 11.8 Å². The summed E-state index contributed by atoms with van der Waals surface area (Å²) in [5.74, 6) is -0.444. The van der Waals surface area contributed by atoms with Crippen molar-refractivity contribution in [2.24, 2.45) is 11.8 Å². The molecule has 2 nitrogen and oxygen atoms in total. The van der Waals surface area contributed by atoms with Crippen LogP contribution in [0.5, 0.6) is 0 Å². The van der Waals surface area contributed by atoms with E-state index in [2.05, 4.69) is 12.6 Å². The van der Waals surface area contributed by atoms with Gasteiger partial charge in [0.15, 0.2) is 0 Å². The number of aliphatic carboxylic acids is 1. The molecular formula is C6H12O2S. The lowest BCUT2D eigenvalue weighted by Gasteiger charge is -2.11. The molecule has 1 N–H and O–H groups in total. The van der Waals surface area contributed by atoms with Gasteiger partial charge in [-0.3, -0.25) is 4.79 Å². The van der Waals surface area contributed by atoms with Gasteiger partial charge in [-0.25, -0.2) is 0 Å². The van der Waals surface area contributed by atoms with Gasteiger partial charge in [0.05, 0.1) is 5.92 Å². The second-order valence-corrected chi connectivity index (χ2v) is 2.74. The van der Waals surface area contributed by atoms with Crippen molar-refractivity contribution in [1.82, 2.24) is 0 Å². The highest BCUT2D eigenvalue weighted by Gasteiger charge is 2.18. The molecule has 0 saturated carbocycles. The minimum Gasteiger partial charge on any atom is -0.481 e. The maximum Gasteiger partial charge on any atom is 0.307 e. The van der Waals surface area contributed by atoms with Gasteiger partial charge < -0.3 is 5.11 Å². The smallest absolute Gasteiger partial charge is 0.307 e. The van der Waals surface area contributed by atoms with E-state index in [0.29, 0.717) is 5.75 Å². The lowest BCUT2D eigenvalue weighted by molar-refractivity contribution is -0.142. The molecule has 1 atom stereocenters. The molecule has 0 bridgehead atoms. The first kappa shape index (κ1) is 8.82. The fraction of sp³-hybridized carbons (Fsp3) is 0.833. The Bertz CT molecular complexity index is 101. The average molecular weight is 148 g/mol. The van der Waals surface area contributed by atoms with Crippen molar-refractivity contribution >= 4 is 18.6 Å². The fourth-order valence-corrected chi connectivity index (χ4v) is 1.15. The molecule has 1 unspecified atom stereocenters. The van der Waals surface area contributed by atoms with Crippen LogP contribution in [-0.2, 0) is 4.79 Å². The van der Waals surface area contributed by atoms with Crippen LogP contribution in [0.1, 0.15) is 13.8 Å². The molecule has 9 heavy (non-hydrogen) atoms. The number of carboxylic acids is 1. The third kappa shape index (κ3) is 2.75. The van der Waals surface area contributed by atoms with Crippen molar-refractivity contribution in [2.75, 3.05) is 5.75 Å². The van der Waals surface area contributed by atoms with E-state index < -0.39 is 5.97 Å². The van der Waals surface area contributed by atoms with Crippen LogP contribution in [0.3, 0.4) is 0 Å². The zero-order chi connectivity index (χ0) is 7.44. The van der Waals surface area contributed by atoms with E-state index in [4.69, 9.17) is 5.11 Å². The molecule has 0 spiro atoms. The van der Waals surface area contributed by atoms with Crippen molar-refractivity contribution in [3.05, 3.63) is 0 Å². The average Bonchev–Trinajstić information content (AvgIpc) is 1.64. The van der Waals surface area contributed by atoms with Gasteiger partial charge in [0.1, 0.15) is 0 Å². The first-order valence-corrected chi connectivity index (χ1v) is 3.56. The lowest BCUT2D eigenvalue weighted by Crippen LogP contribution is -2.20. The summed E-state index contributed by atoms with van der Waals surface area (Å²) in [6.07, 6.45) is 0. The van der Waals surface area contributed by atoms with Gasteiger partial charge in [0, 0.05) is 5.75 Å².